The molecule has 1 aromatic rings. The molecule has 4 rings (SSSR count). The lowest BCUT2D eigenvalue weighted by Crippen LogP contribution is -2.73. The summed E-state index contributed by atoms with van der Waals surface area (Å²) in [7, 11) is 1.88. The molecule has 234 valence electrons. The number of aliphatic hydroxyl groups is 1. The number of carbonyl (C=O) groups is 4. The quantitative estimate of drug-likeness (QED) is 0.255. The highest BCUT2D eigenvalue weighted by Crippen LogP contribution is 2.63. The SMILES string of the molecule is C.C.Cc1ccc(CO)c2c1[C@]13CCN(C)[C@H](C)[C@]1(OC(=O)C[C@H](N)C(=O)O)CC=C(OC(=O)C[C@H](N)C(=O)O)[C@@H]3O2. The van der Waals surface area contributed by atoms with E-state index in [2.05, 4.69) is 0 Å². The van der Waals surface area contributed by atoms with Gasteiger partial charge in [-0.25, -0.2) is 0 Å². The number of fused-ring (bicyclic) bond motifs is 1. The van der Waals surface area contributed by atoms with Crippen molar-refractivity contribution < 1.29 is 48.7 Å². The van der Waals surface area contributed by atoms with Crippen LogP contribution in [0.25, 0.3) is 0 Å². The first kappa shape index (κ1) is 34.7. The van der Waals surface area contributed by atoms with Gasteiger partial charge < -0.3 is 41.0 Å². The highest BCUT2D eigenvalue weighted by atomic mass is 16.6. The first-order valence-electron chi connectivity index (χ1n) is 13.0. The minimum absolute atomic E-state index is 0. The zero-order valence-corrected chi connectivity index (χ0v) is 22.6. The first-order valence-corrected chi connectivity index (χ1v) is 13.0. The van der Waals surface area contributed by atoms with Crippen LogP contribution in [-0.2, 0) is 40.7 Å². The minimum Gasteiger partial charge on any atom is -0.481 e. The van der Waals surface area contributed by atoms with E-state index in [0.717, 1.165) is 5.56 Å². The second-order valence-electron chi connectivity index (χ2n) is 10.7. The number of hydrogen-bond donors (Lipinski definition) is 5. The van der Waals surface area contributed by atoms with Crippen LogP contribution in [0.5, 0.6) is 5.75 Å². The molecule has 1 spiro atoms. The molecule has 7 N–H and O–H groups in total. The van der Waals surface area contributed by atoms with Gasteiger partial charge in [0.1, 0.15) is 29.2 Å². The summed E-state index contributed by atoms with van der Waals surface area (Å²) >= 11 is 0. The second-order valence-corrected chi connectivity index (χ2v) is 10.7. The van der Waals surface area contributed by atoms with Gasteiger partial charge in [-0.2, -0.15) is 0 Å². The van der Waals surface area contributed by atoms with Crippen LogP contribution in [0, 0.1) is 6.92 Å². The van der Waals surface area contributed by atoms with Crippen molar-refractivity contribution in [3.8, 4) is 5.75 Å². The number of hydrogen-bond acceptors (Lipinski definition) is 11. The summed E-state index contributed by atoms with van der Waals surface area (Å²) in [5, 5.41) is 28.5. The van der Waals surface area contributed by atoms with Gasteiger partial charge in [0, 0.05) is 23.6 Å². The number of carboxylic acid groups (broad SMARTS) is 2. The molecule has 13 nitrogen and oxygen atoms in total. The molecular formula is C29H43N3O10. The Kier molecular flexibility index (Phi) is 10.6. The summed E-state index contributed by atoms with van der Waals surface area (Å²) in [5.74, 6) is -3.86. The predicted octanol–water partition coefficient (Wildman–Crippen LogP) is 1.20. The Hall–Kier alpha value is -3.52. The van der Waals surface area contributed by atoms with E-state index >= 15 is 0 Å². The zero-order chi connectivity index (χ0) is 29.6. The van der Waals surface area contributed by atoms with E-state index in [0.29, 0.717) is 29.8 Å². The number of ether oxygens (including phenoxy) is 3. The van der Waals surface area contributed by atoms with Crippen LogP contribution >= 0.6 is 0 Å². The van der Waals surface area contributed by atoms with Gasteiger partial charge in [0.25, 0.3) is 0 Å². The predicted molar refractivity (Wildman–Crippen MR) is 151 cm³/mol. The smallest absolute Gasteiger partial charge is 0.321 e. The van der Waals surface area contributed by atoms with E-state index in [4.69, 9.17) is 30.8 Å². The van der Waals surface area contributed by atoms with Crippen molar-refractivity contribution in [1.29, 1.82) is 0 Å². The number of piperidine rings is 1. The van der Waals surface area contributed by atoms with Gasteiger partial charge in [-0.1, -0.05) is 27.0 Å². The Morgan fingerprint density at radius 3 is 2.26 bits per heavy atom. The highest BCUT2D eigenvalue weighted by molar-refractivity contribution is 5.82. The summed E-state index contributed by atoms with van der Waals surface area (Å²) in [6.45, 7) is 3.96. The molecular weight excluding hydrogens is 550 g/mol. The van der Waals surface area contributed by atoms with Crippen LogP contribution in [-0.4, -0.2) is 87.5 Å². The van der Waals surface area contributed by atoms with Crippen molar-refractivity contribution in [3.05, 3.63) is 40.7 Å². The molecule has 1 aromatic carbocycles. The Labute approximate surface area is 245 Å². The molecule has 1 aliphatic carbocycles. The van der Waals surface area contributed by atoms with E-state index in [1.807, 2.05) is 31.9 Å². The summed E-state index contributed by atoms with van der Waals surface area (Å²) < 4.78 is 18.4. The minimum atomic E-state index is -1.46. The van der Waals surface area contributed by atoms with E-state index in [1.165, 1.54) is 0 Å². The van der Waals surface area contributed by atoms with Crippen LogP contribution in [0.2, 0.25) is 0 Å². The average molecular weight is 594 g/mol. The van der Waals surface area contributed by atoms with Gasteiger partial charge in [-0.05, 0) is 45.5 Å². The molecule has 0 bridgehead atoms. The Balaban J connectivity index is 0.00000308. The number of carbonyl (C=O) groups excluding carboxylic acids is 2. The number of benzene rings is 1. The molecule has 1 fully saturated rings. The van der Waals surface area contributed by atoms with E-state index in [1.54, 1.807) is 12.1 Å². The van der Waals surface area contributed by atoms with E-state index < -0.39 is 72.0 Å². The fourth-order valence-corrected chi connectivity index (χ4v) is 6.34. The standard InChI is InChI=1S/C27H35N3O10.2CH4/c1-13-4-5-15(12-31)22-21(13)26-8-9-30(3)14(2)27(26,40-20(33)11-17(29)25(36)37)7-6-18(23(26)39-22)38-19(32)10-16(28)24(34)35;;/h4-6,14,16-17,23,31H,7-12,28-29H2,1-3H3,(H,34,35)(H,36,37);2*1H4/t14-,16+,17+,23+,26+,27-;;/m1../s1. The van der Waals surface area contributed by atoms with Gasteiger partial charge in [-0.15, -0.1) is 0 Å². The van der Waals surface area contributed by atoms with Crippen molar-refractivity contribution >= 4 is 23.9 Å². The van der Waals surface area contributed by atoms with Crippen molar-refractivity contribution in [2.24, 2.45) is 11.5 Å². The van der Waals surface area contributed by atoms with Crippen LogP contribution in [0.1, 0.15) is 64.2 Å². The van der Waals surface area contributed by atoms with Crippen LogP contribution in [0.4, 0.5) is 0 Å². The molecule has 3 aliphatic rings. The number of likely N-dealkylation sites (N-methyl/N-ethyl adjacent to an activating group) is 1. The largest absolute Gasteiger partial charge is 0.481 e. The lowest BCUT2D eigenvalue weighted by Gasteiger charge is -2.59. The van der Waals surface area contributed by atoms with Crippen molar-refractivity contribution in [1.82, 2.24) is 4.90 Å². The second kappa shape index (κ2) is 12.8. The monoisotopic (exact) mass is 593 g/mol. The zero-order valence-electron chi connectivity index (χ0n) is 22.6. The molecule has 0 amide bonds. The number of rotatable bonds is 9. The average Bonchev–Trinajstić information content (AvgIpc) is 3.25. The van der Waals surface area contributed by atoms with Crippen LogP contribution in [0.3, 0.4) is 0 Å². The number of aliphatic hydroxyl groups excluding tert-OH is 1. The number of likely N-dealkylation sites (tertiary alicyclic amines) is 1. The third-order valence-corrected chi connectivity index (χ3v) is 8.50. The van der Waals surface area contributed by atoms with Gasteiger partial charge in [0.15, 0.2) is 6.10 Å². The molecule has 6 atom stereocenters. The molecule has 0 saturated carbocycles. The topological polar surface area (TPSA) is 212 Å². The fraction of sp³-hybridized carbons (Fsp3) is 0.586. The van der Waals surface area contributed by atoms with Crippen LogP contribution < -0.4 is 16.2 Å². The van der Waals surface area contributed by atoms with Gasteiger partial charge in [0.2, 0.25) is 0 Å². The molecule has 0 radical (unpaired) electrons. The highest BCUT2D eigenvalue weighted by Gasteiger charge is 2.71. The molecule has 42 heavy (non-hydrogen) atoms. The number of nitrogens with zero attached hydrogens (tertiary/aromatic N) is 1. The van der Waals surface area contributed by atoms with Crippen molar-refractivity contribution in [2.45, 2.75) is 96.2 Å². The van der Waals surface area contributed by atoms with Gasteiger partial charge in [0.05, 0.1) is 24.9 Å². The number of aliphatic carboxylic acids is 2. The molecule has 2 heterocycles. The Bertz CT molecular complexity index is 1270. The maximum absolute atomic E-state index is 13.2. The fourth-order valence-electron chi connectivity index (χ4n) is 6.34. The van der Waals surface area contributed by atoms with E-state index in [9.17, 15) is 29.4 Å². The number of aryl methyl sites for hydroxylation is 1. The molecule has 2 aliphatic heterocycles. The Morgan fingerprint density at radius 1 is 1.10 bits per heavy atom. The van der Waals surface area contributed by atoms with Crippen molar-refractivity contribution in [3.63, 3.8) is 0 Å². The summed E-state index contributed by atoms with van der Waals surface area (Å²) in [4.78, 5) is 50.5. The first-order chi connectivity index (χ1) is 18.8. The molecule has 0 aromatic heterocycles. The summed E-state index contributed by atoms with van der Waals surface area (Å²) in [6, 6.07) is 0.223. The normalized spacial score (nSPS) is 27.2. The number of nitrogens with two attached hydrogens (primary N) is 2. The Morgan fingerprint density at radius 2 is 1.69 bits per heavy atom. The maximum Gasteiger partial charge on any atom is 0.321 e. The van der Waals surface area contributed by atoms with E-state index in [-0.39, 0.29) is 33.6 Å². The molecule has 13 heteroatoms. The lowest BCUT2D eigenvalue weighted by atomic mass is 9.53. The maximum atomic E-state index is 13.2. The lowest BCUT2D eigenvalue weighted by molar-refractivity contribution is -0.201. The third kappa shape index (κ3) is 5.49. The summed E-state index contributed by atoms with van der Waals surface area (Å²) in [6.07, 6.45) is -0.0778. The molecule has 0 unspecified atom stereocenters. The third-order valence-electron chi connectivity index (χ3n) is 8.50. The number of carboxylic acids is 2. The van der Waals surface area contributed by atoms with Crippen molar-refractivity contribution in [2.75, 3.05) is 13.6 Å². The van der Waals surface area contributed by atoms with Crippen LogP contribution in [0.15, 0.2) is 24.0 Å². The number of esters is 2. The van der Waals surface area contributed by atoms with Gasteiger partial charge in [-0.3, -0.25) is 24.1 Å². The molecule has 1 saturated heterocycles. The summed E-state index contributed by atoms with van der Waals surface area (Å²) in [5.41, 5.74) is 10.8. The van der Waals surface area contributed by atoms with Gasteiger partial charge >= 0.3 is 23.9 Å².